The van der Waals surface area contributed by atoms with Gasteiger partial charge in [0, 0.05) is 31.3 Å². The standard InChI is InChI=1S/C23H31F2N7O3/c1-12(20-26-8-7-15(28-20)19(24)25)27-21(34)17-9-14(33)10-31(17)22(35)18(23(2,3)4)32-11-16(29-30-32)13-5-6-13/h7-8,11-14,17-19,33H,5-6,9-10H2,1-4H3,(H,27,34)/t12?,14-,17+,18-/m1/s1. The smallest absolute Gasteiger partial charge is 0.280 e. The van der Waals surface area contributed by atoms with E-state index in [0.29, 0.717) is 5.92 Å². The van der Waals surface area contributed by atoms with E-state index < -0.39 is 47.7 Å². The highest BCUT2D eigenvalue weighted by Gasteiger charge is 2.45. The number of β-amino-alcohol motifs (C(OH)–C–C–N with tert-alkyl or cyclic N) is 1. The number of hydrogen-bond donors (Lipinski definition) is 2. The molecule has 1 saturated carbocycles. The summed E-state index contributed by atoms with van der Waals surface area (Å²) in [5.41, 5.74) is -0.130. The van der Waals surface area contributed by atoms with Gasteiger partial charge in [-0.15, -0.1) is 5.10 Å². The van der Waals surface area contributed by atoms with Gasteiger partial charge in [0.1, 0.15) is 17.8 Å². The number of nitrogens with zero attached hydrogens (tertiary/aromatic N) is 6. The molecule has 3 heterocycles. The van der Waals surface area contributed by atoms with Crippen LogP contribution in [0, 0.1) is 5.41 Å². The van der Waals surface area contributed by atoms with Gasteiger partial charge in [-0.05, 0) is 31.2 Å². The second-order valence-electron chi connectivity index (χ2n) is 10.4. The van der Waals surface area contributed by atoms with Crippen molar-refractivity contribution in [3.05, 3.63) is 35.7 Å². The summed E-state index contributed by atoms with van der Waals surface area (Å²) in [6.07, 6.45) is 1.53. The molecule has 2 aromatic rings. The van der Waals surface area contributed by atoms with Crippen LogP contribution in [0.2, 0.25) is 0 Å². The second kappa shape index (κ2) is 9.56. The molecule has 0 spiro atoms. The Labute approximate surface area is 202 Å². The average Bonchev–Trinajstić information content (AvgIpc) is 3.40. The maximum absolute atomic E-state index is 13.8. The summed E-state index contributed by atoms with van der Waals surface area (Å²) < 4.78 is 27.6. The molecule has 1 aliphatic carbocycles. The molecule has 0 aromatic carbocycles. The van der Waals surface area contributed by atoms with Gasteiger partial charge in [-0.1, -0.05) is 26.0 Å². The Morgan fingerprint density at radius 2 is 1.97 bits per heavy atom. The second-order valence-corrected chi connectivity index (χ2v) is 10.4. The Kier molecular flexibility index (Phi) is 6.85. The molecule has 2 aromatic heterocycles. The van der Waals surface area contributed by atoms with Gasteiger partial charge >= 0.3 is 0 Å². The minimum Gasteiger partial charge on any atom is -0.391 e. The summed E-state index contributed by atoms with van der Waals surface area (Å²) in [7, 11) is 0. The number of aromatic nitrogens is 5. The lowest BCUT2D eigenvalue weighted by Crippen LogP contribution is -2.50. The number of carbonyl (C=O) groups is 2. The SMILES string of the molecule is CC(NC(=O)[C@@H]1C[C@@H](O)CN1C(=O)[C@@H](n1cc(C2CC2)nn1)C(C)(C)C)c1nccc(C(F)F)n1. The van der Waals surface area contributed by atoms with E-state index in [1.54, 1.807) is 17.8 Å². The summed E-state index contributed by atoms with van der Waals surface area (Å²) in [5, 5.41) is 21.5. The molecule has 1 aliphatic heterocycles. The van der Waals surface area contributed by atoms with Crippen LogP contribution in [0.25, 0.3) is 0 Å². The summed E-state index contributed by atoms with van der Waals surface area (Å²) in [6, 6.07) is -1.33. The van der Waals surface area contributed by atoms with E-state index in [-0.39, 0.29) is 24.7 Å². The van der Waals surface area contributed by atoms with Gasteiger partial charge in [0.15, 0.2) is 5.82 Å². The van der Waals surface area contributed by atoms with Crippen LogP contribution in [-0.4, -0.2) is 65.5 Å². The zero-order valence-corrected chi connectivity index (χ0v) is 20.2. The lowest BCUT2D eigenvalue weighted by Gasteiger charge is -2.34. The fourth-order valence-corrected chi connectivity index (χ4v) is 4.42. The molecule has 1 saturated heterocycles. The highest BCUT2D eigenvalue weighted by molar-refractivity contribution is 5.90. The summed E-state index contributed by atoms with van der Waals surface area (Å²) in [6.45, 7) is 7.30. The third kappa shape index (κ3) is 5.47. The van der Waals surface area contributed by atoms with Crippen LogP contribution < -0.4 is 5.32 Å². The number of hydrogen-bond acceptors (Lipinski definition) is 7. The lowest BCUT2D eigenvalue weighted by molar-refractivity contribution is -0.144. The predicted octanol–water partition coefficient (Wildman–Crippen LogP) is 2.31. The van der Waals surface area contributed by atoms with E-state index in [9.17, 15) is 23.5 Å². The molecule has 4 rings (SSSR count). The molecule has 35 heavy (non-hydrogen) atoms. The Morgan fingerprint density at radius 1 is 1.26 bits per heavy atom. The van der Waals surface area contributed by atoms with Crippen molar-refractivity contribution in [2.75, 3.05) is 6.54 Å². The number of carbonyl (C=O) groups excluding carboxylic acids is 2. The van der Waals surface area contributed by atoms with Crippen LogP contribution in [0.15, 0.2) is 18.5 Å². The topological polar surface area (TPSA) is 126 Å². The first-order valence-electron chi connectivity index (χ1n) is 11.8. The molecule has 10 nitrogen and oxygen atoms in total. The maximum Gasteiger partial charge on any atom is 0.280 e. The van der Waals surface area contributed by atoms with Crippen molar-refractivity contribution in [1.82, 2.24) is 35.2 Å². The van der Waals surface area contributed by atoms with Gasteiger partial charge in [0.05, 0.1) is 17.8 Å². The number of likely N-dealkylation sites (tertiary alicyclic amines) is 1. The summed E-state index contributed by atoms with van der Waals surface area (Å²) >= 11 is 0. The number of nitrogens with one attached hydrogen (secondary N) is 1. The molecular formula is C23H31F2N7O3. The number of aliphatic hydroxyl groups excluding tert-OH is 1. The van der Waals surface area contributed by atoms with Crippen molar-refractivity contribution < 1.29 is 23.5 Å². The molecule has 2 N–H and O–H groups in total. The average molecular weight is 492 g/mol. The molecule has 2 fully saturated rings. The van der Waals surface area contributed by atoms with Gasteiger partial charge in [0.25, 0.3) is 6.43 Å². The fraction of sp³-hybridized carbons (Fsp3) is 0.652. The molecule has 2 amide bonds. The number of aliphatic hydroxyl groups is 1. The fourth-order valence-electron chi connectivity index (χ4n) is 4.42. The quantitative estimate of drug-likeness (QED) is 0.609. The Hall–Kier alpha value is -3.02. The highest BCUT2D eigenvalue weighted by Crippen LogP contribution is 2.40. The largest absolute Gasteiger partial charge is 0.391 e. The predicted molar refractivity (Wildman–Crippen MR) is 120 cm³/mol. The number of halogens is 2. The van der Waals surface area contributed by atoms with Gasteiger partial charge in [-0.25, -0.2) is 23.4 Å². The van der Waals surface area contributed by atoms with Crippen molar-refractivity contribution >= 4 is 11.8 Å². The molecule has 2 aliphatic rings. The summed E-state index contributed by atoms with van der Waals surface area (Å²) in [4.78, 5) is 36.1. The molecular weight excluding hydrogens is 460 g/mol. The third-order valence-electron chi connectivity index (χ3n) is 6.37. The van der Waals surface area contributed by atoms with E-state index in [1.165, 1.54) is 11.1 Å². The highest BCUT2D eigenvalue weighted by atomic mass is 19.3. The minimum absolute atomic E-state index is 0.000568. The van der Waals surface area contributed by atoms with Crippen LogP contribution in [0.5, 0.6) is 0 Å². The van der Waals surface area contributed by atoms with Crippen LogP contribution >= 0.6 is 0 Å². The monoisotopic (exact) mass is 491 g/mol. The molecule has 1 unspecified atom stereocenters. The first kappa shape index (κ1) is 25.1. The summed E-state index contributed by atoms with van der Waals surface area (Å²) in [5.74, 6) is -0.447. The molecule has 4 atom stereocenters. The van der Waals surface area contributed by atoms with E-state index in [1.807, 2.05) is 20.8 Å². The Balaban J connectivity index is 1.53. The zero-order valence-electron chi connectivity index (χ0n) is 20.2. The van der Waals surface area contributed by atoms with Gasteiger partial charge in [-0.3, -0.25) is 9.59 Å². The van der Waals surface area contributed by atoms with Crippen LogP contribution in [0.1, 0.15) is 88.6 Å². The number of rotatable bonds is 7. The van der Waals surface area contributed by atoms with Gasteiger partial charge in [-0.2, -0.15) is 0 Å². The Bertz CT molecular complexity index is 1080. The van der Waals surface area contributed by atoms with Crippen LogP contribution in [-0.2, 0) is 9.59 Å². The minimum atomic E-state index is -2.76. The zero-order chi connectivity index (χ0) is 25.5. The van der Waals surface area contributed by atoms with Gasteiger partial charge in [0.2, 0.25) is 11.8 Å². The Morgan fingerprint density at radius 3 is 2.60 bits per heavy atom. The van der Waals surface area contributed by atoms with Crippen molar-refractivity contribution in [2.45, 2.75) is 83.5 Å². The van der Waals surface area contributed by atoms with Gasteiger partial charge < -0.3 is 15.3 Å². The van der Waals surface area contributed by atoms with E-state index in [2.05, 4.69) is 25.6 Å². The van der Waals surface area contributed by atoms with Crippen LogP contribution in [0.3, 0.4) is 0 Å². The van der Waals surface area contributed by atoms with E-state index in [4.69, 9.17) is 0 Å². The molecule has 0 bridgehead atoms. The first-order valence-corrected chi connectivity index (χ1v) is 11.8. The number of amides is 2. The van der Waals surface area contributed by atoms with Crippen molar-refractivity contribution in [3.8, 4) is 0 Å². The molecule has 0 radical (unpaired) electrons. The third-order valence-corrected chi connectivity index (χ3v) is 6.37. The maximum atomic E-state index is 13.8. The van der Waals surface area contributed by atoms with Crippen molar-refractivity contribution in [3.63, 3.8) is 0 Å². The normalized spacial score (nSPS) is 22.3. The molecule has 190 valence electrons. The lowest BCUT2D eigenvalue weighted by atomic mass is 9.85. The van der Waals surface area contributed by atoms with Crippen LogP contribution in [0.4, 0.5) is 8.78 Å². The van der Waals surface area contributed by atoms with E-state index >= 15 is 0 Å². The number of alkyl halides is 2. The first-order chi connectivity index (χ1) is 16.5. The molecule has 12 heteroatoms. The van der Waals surface area contributed by atoms with Crippen molar-refractivity contribution in [1.29, 1.82) is 0 Å². The van der Waals surface area contributed by atoms with Crippen molar-refractivity contribution in [2.24, 2.45) is 5.41 Å². The van der Waals surface area contributed by atoms with E-state index in [0.717, 1.165) is 24.6 Å².